The van der Waals surface area contributed by atoms with E-state index in [1.165, 1.54) is 0 Å². The second-order valence-electron chi connectivity index (χ2n) is 8.85. The van der Waals surface area contributed by atoms with Crippen LogP contribution in [0.5, 0.6) is 0 Å². The fourth-order valence-electron chi connectivity index (χ4n) is 2.65. The van der Waals surface area contributed by atoms with Crippen LogP contribution in [0.2, 0.25) is 10.0 Å². The second-order valence-corrected chi connectivity index (χ2v) is 10.7. The molecule has 0 spiro atoms. The first-order valence-corrected chi connectivity index (χ1v) is 10.9. The average Bonchev–Trinajstić information content (AvgIpc) is 2.49. The van der Waals surface area contributed by atoms with E-state index >= 15 is 0 Å². The zero-order valence-electron chi connectivity index (χ0n) is 17.3. The third-order valence-corrected chi connectivity index (χ3v) is 6.06. The first kappa shape index (κ1) is 24.3. The quantitative estimate of drug-likeness (QED) is 0.460. The molecule has 0 saturated carbocycles. The lowest BCUT2D eigenvalue weighted by molar-refractivity contribution is -0.121. The highest BCUT2D eigenvalue weighted by Crippen LogP contribution is 2.39. The molecule has 1 N–H and O–H groups in total. The summed E-state index contributed by atoms with van der Waals surface area (Å²) in [4.78, 5) is 26.0. The lowest BCUT2D eigenvalue weighted by atomic mass is 9.88. The van der Waals surface area contributed by atoms with Crippen LogP contribution in [0.1, 0.15) is 61.3 Å². The van der Waals surface area contributed by atoms with Crippen LogP contribution in [0, 0.1) is 23.2 Å². The number of nitrogens with one attached hydrogen (secondary N) is 1. The highest BCUT2D eigenvalue weighted by atomic mass is 35.5. The summed E-state index contributed by atoms with van der Waals surface area (Å²) in [5, 5.41) is 3.70. The van der Waals surface area contributed by atoms with Crippen LogP contribution in [0.4, 0.5) is 5.69 Å². The molecule has 0 aromatic heterocycles. The summed E-state index contributed by atoms with van der Waals surface area (Å²) < 4.78 is 0. The van der Waals surface area contributed by atoms with Crippen LogP contribution < -0.4 is 5.32 Å². The zero-order chi connectivity index (χ0) is 20.9. The minimum atomic E-state index is -0.504. The maximum absolute atomic E-state index is 12.9. The molecule has 0 heterocycles. The summed E-state index contributed by atoms with van der Waals surface area (Å²) >= 11 is 13.4. The van der Waals surface area contributed by atoms with E-state index in [9.17, 15) is 9.59 Å². The van der Waals surface area contributed by atoms with E-state index in [2.05, 4.69) is 33.0 Å². The van der Waals surface area contributed by atoms with E-state index in [0.717, 1.165) is 24.6 Å². The summed E-state index contributed by atoms with van der Waals surface area (Å²) in [7, 11) is 0. The van der Waals surface area contributed by atoms with Gasteiger partial charge in [0.15, 0.2) is 5.12 Å². The van der Waals surface area contributed by atoms with E-state index in [1.807, 2.05) is 20.8 Å². The molecule has 0 atom stereocenters. The van der Waals surface area contributed by atoms with Crippen LogP contribution in [-0.4, -0.2) is 11.0 Å². The molecule has 1 rings (SSSR count). The zero-order valence-corrected chi connectivity index (χ0v) is 19.6. The smallest absolute Gasteiger partial charge is 0.227 e. The Balaban J connectivity index is 3.14. The number of carbonyl (C=O) groups excluding carboxylic acids is 2. The molecule has 0 radical (unpaired) electrons. The number of amides is 1. The molecule has 27 heavy (non-hydrogen) atoms. The Morgan fingerprint density at radius 2 is 1.48 bits per heavy atom. The van der Waals surface area contributed by atoms with Crippen molar-refractivity contribution in [3.8, 4) is 0 Å². The van der Waals surface area contributed by atoms with Crippen molar-refractivity contribution in [2.75, 3.05) is 5.32 Å². The van der Waals surface area contributed by atoms with Gasteiger partial charge < -0.3 is 5.32 Å². The first-order valence-electron chi connectivity index (χ1n) is 9.33. The third kappa shape index (κ3) is 8.05. The van der Waals surface area contributed by atoms with Crippen molar-refractivity contribution in [1.82, 2.24) is 0 Å². The van der Waals surface area contributed by atoms with Gasteiger partial charge in [-0.25, -0.2) is 0 Å². The number of hydrogen-bond acceptors (Lipinski definition) is 3. The summed E-state index contributed by atoms with van der Waals surface area (Å²) in [6.07, 6.45) is 1.63. The molecule has 0 aliphatic heterocycles. The molecule has 0 bridgehead atoms. The van der Waals surface area contributed by atoms with Gasteiger partial charge in [-0.1, -0.05) is 71.7 Å². The fourth-order valence-corrected chi connectivity index (χ4v) is 3.94. The van der Waals surface area contributed by atoms with E-state index < -0.39 is 5.41 Å². The molecule has 0 saturated heterocycles. The normalized spacial score (nSPS) is 12.1. The van der Waals surface area contributed by atoms with Crippen molar-refractivity contribution >= 4 is 51.7 Å². The number of anilines is 1. The van der Waals surface area contributed by atoms with Gasteiger partial charge in [0, 0.05) is 16.2 Å². The van der Waals surface area contributed by atoms with Gasteiger partial charge in [-0.2, -0.15) is 0 Å². The van der Waals surface area contributed by atoms with Gasteiger partial charge in [0.05, 0.1) is 15.7 Å². The molecule has 0 fully saturated rings. The van der Waals surface area contributed by atoms with Crippen LogP contribution in [0.3, 0.4) is 0 Å². The molecule has 0 aliphatic carbocycles. The summed E-state index contributed by atoms with van der Waals surface area (Å²) in [5.41, 5.74) is 0.0325. The Labute approximate surface area is 178 Å². The van der Waals surface area contributed by atoms with Gasteiger partial charge in [-0.05, 0) is 48.6 Å². The van der Waals surface area contributed by atoms with Crippen molar-refractivity contribution in [3.63, 3.8) is 0 Å². The summed E-state index contributed by atoms with van der Waals surface area (Å²) in [6, 6.07) is 3.27. The molecular weight excluding hydrogens is 401 g/mol. The topological polar surface area (TPSA) is 46.2 Å². The van der Waals surface area contributed by atoms with Gasteiger partial charge in [0.1, 0.15) is 0 Å². The lowest BCUT2D eigenvalue weighted by Gasteiger charge is -2.22. The SMILES string of the molecule is CC(C)CC(CC(C)C)C(=O)Nc1cc(Cl)c(Cl)cc1SC(=O)C(C)(C)C. The molecule has 1 amide bonds. The van der Waals surface area contributed by atoms with Gasteiger partial charge in [-0.15, -0.1) is 0 Å². The number of thioether (sulfide) groups is 1. The van der Waals surface area contributed by atoms with Gasteiger partial charge in [0.2, 0.25) is 5.91 Å². The van der Waals surface area contributed by atoms with E-state index in [0.29, 0.717) is 32.5 Å². The van der Waals surface area contributed by atoms with Gasteiger partial charge in [-0.3, -0.25) is 9.59 Å². The number of rotatable bonds is 7. The summed E-state index contributed by atoms with van der Waals surface area (Å²) in [6.45, 7) is 14.0. The van der Waals surface area contributed by atoms with Gasteiger partial charge >= 0.3 is 0 Å². The molecule has 1 aromatic carbocycles. The predicted octanol–water partition coefficient (Wildman–Crippen LogP) is 7.31. The molecule has 0 aliphatic rings. The Bertz CT molecular complexity index is 671. The van der Waals surface area contributed by atoms with E-state index in [-0.39, 0.29) is 16.9 Å². The van der Waals surface area contributed by atoms with E-state index in [4.69, 9.17) is 23.2 Å². The van der Waals surface area contributed by atoms with E-state index in [1.54, 1.807) is 12.1 Å². The molecular formula is C21H31Cl2NO2S. The molecule has 1 aromatic rings. The maximum Gasteiger partial charge on any atom is 0.227 e. The van der Waals surface area contributed by atoms with Gasteiger partial charge in [0.25, 0.3) is 0 Å². The van der Waals surface area contributed by atoms with Crippen molar-refractivity contribution in [2.45, 2.75) is 66.2 Å². The summed E-state index contributed by atoms with van der Waals surface area (Å²) in [5.74, 6) is 0.714. The highest BCUT2D eigenvalue weighted by Gasteiger charge is 2.26. The standard InChI is InChI=1S/C21H31Cl2NO2S/c1-12(2)8-14(9-13(3)4)19(25)24-17-10-15(22)16(23)11-18(17)27-20(26)21(5,6)7/h10-14H,8-9H2,1-7H3,(H,24,25). The van der Waals surface area contributed by atoms with Crippen molar-refractivity contribution in [2.24, 2.45) is 23.2 Å². The monoisotopic (exact) mass is 431 g/mol. The minimum Gasteiger partial charge on any atom is -0.325 e. The highest BCUT2D eigenvalue weighted by molar-refractivity contribution is 8.13. The first-order chi connectivity index (χ1) is 12.3. The Hall–Kier alpha value is -0.710. The lowest BCUT2D eigenvalue weighted by Crippen LogP contribution is -2.26. The Morgan fingerprint density at radius 3 is 1.93 bits per heavy atom. The molecule has 3 nitrogen and oxygen atoms in total. The largest absolute Gasteiger partial charge is 0.325 e. The number of benzene rings is 1. The van der Waals surface area contributed by atoms with Crippen molar-refractivity contribution < 1.29 is 9.59 Å². The molecule has 0 unspecified atom stereocenters. The van der Waals surface area contributed by atoms with Crippen LogP contribution in [0.15, 0.2) is 17.0 Å². The molecule has 152 valence electrons. The number of halogens is 2. The van der Waals surface area contributed by atoms with Crippen LogP contribution >= 0.6 is 35.0 Å². The Kier molecular flexibility index (Phi) is 9.17. The average molecular weight is 432 g/mol. The number of hydrogen-bond donors (Lipinski definition) is 1. The predicted molar refractivity (Wildman–Crippen MR) is 118 cm³/mol. The number of carbonyl (C=O) groups is 2. The third-order valence-electron chi connectivity index (χ3n) is 3.98. The van der Waals surface area contributed by atoms with Crippen molar-refractivity contribution in [3.05, 3.63) is 22.2 Å². The Morgan fingerprint density at radius 1 is 1.00 bits per heavy atom. The fraction of sp³-hybridized carbons (Fsp3) is 0.619. The van der Waals surface area contributed by atoms with Crippen LogP contribution in [0.25, 0.3) is 0 Å². The van der Waals surface area contributed by atoms with Crippen LogP contribution in [-0.2, 0) is 9.59 Å². The second kappa shape index (κ2) is 10.2. The maximum atomic E-state index is 12.9. The minimum absolute atomic E-state index is 0.00250. The molecule has 6 heteroatoms. The van der Waals surface area contributed by atoms with Crippen molar-refractivity contribution in [1.29, 1.82) is 0 Å².